The van der Waals surface area contributed by atoms with Crippen molar-refractivity contribution >= 4 is 21.6 Å². The molecule has 1 fully saturated rings. The number of anilines is 1. The van der Waals surface area contributed by atoms with Crippen molar-refractivity contribution in [2.45, 2.75) is 26.1 Å². The Bertz CT molecular complexity index is 397. The summed E-state index contributed by atoms with van der Waals surface area (Å²) in [5, 5.41) is 19.1. The third kappa shape index (κ3) is 2.81. The van der Waals surface area contributed by atoms with Gasteiger partial charge in [0.15, 0.2) is 0 Å². The monoisotopic (exact) mass is 299 g/mol. The van der Waals surface area contributed by atoms with Crippen LogP contribution in [0.2, 0.25) is 0 Å². The minimum Gasteiger partial charge on any atom is -0.393 e. The van der Waals surface area contributed by atoms with E-state index in [4.69, 9.17) is 0 Å². The SMILES string of the molecule is CC1CN(c2ccc(Br)cc2CO)CCC1O. The number of hydrogen-bond acceptors (Lipinski definition) is 3. The van der Waals surface area contributed by atoms with Gasteiger partial charge in [-0.1, -0.05) is 22.9 Å². The summed E-state index contributed by atoms with van der Waals surface area (Å²) in [6.45, 7) is 3.80. The Kier molecular flexibility index (Phi) is 4.07. The molecule has 2 unspecified atom stereocenters. The van der Waals surface area contributed by atoms with E-state index in [1.165, 1.54) is 0 Å². The molecule has 0 spiro atoms. The average Bonchev–Trinajstić information content (AvgIpc) is 2.32. The summed E-state index contributed by atoms with van der Waals surface area (Å²) in [5.74, 6) is 0.277. The third-order valence-corrected chi connectivity index (χ3v) is 3.91. The number of aliphatic hydroxyl groups excluding tert-OH is 2. The van der Waals surface area contributed by atoms with Crippen LogP contribution in [0.15, 0.2) is 22.7 Å². The van der Waals surface area contributed by atoms with E-state index in [0.717, 1.165) is 35.2 Å². The second-order valence-corrected chi connectivity index (χ2v) is 5.63. The first kappa shape index (κ1) is 12.9. The van der Waals surface area contributed by atoms with Crippen molar-refractivity contribution in [3.05, 3.63) is 28.2 Å². The van der Waals surface area contributed by atoms with Crippen LogP contribution in [0.25, 0.3) is 0 Å². The fraction of sp³-hybridized carbons (Fsp3) is 0.538. The van der Waals surface area contributed by atoms with Crippen molar-refractivity contribution in [2.75, 3.05) is 18.0 Å². The molecule has 1 aromatic carbocycles. The Labute approximate surface area is 110 Å². The molecular formula is C13H18BrNO2. The minimum absolute atomic E-state index is 0.0439. The number of benzene rings is 1. The highest BCUT2D eigenvalue weighted by molar-refractivity contribution is 9.10. The van der Waals surface area contributed by atoms with E-state index in [0.29, 0.717) is 0 Å². The zero-order valence-corrected chi connectivity index (χ0v) is 11.5. The van der Waals surface area contributed by atoms with Gasteiger partial charge >= 0.3 is 0 Å². The summed E-state index contributed by atoms with van der Waals surface area (Å²) in [7, 11) is 0. The summed E-state index contributed by atoms with van der Waals surface area (Å²) in [5.41, 5.74) is 2.01. The van der Waals surface area contributed by atoms with Crippen LogP contribution < -0.4 is 4.90 Å². The molecule has 2 atom stereocenters. The molecule has 0 bridgehead atoms. The molecule has 3 nitrogen and oxygen atoms in total. The number of nitrogens with zero attached hydrogens (tertiary/aromatic N) is 1. The maximum absolute atomic E-state index is 9.73. The highest BCUT2D eigenvalue weighted by Gasteiger charge is 2.25. The van der Waals surface area contributed by atoms with E-state index in [2.05, 4.69) is 27.8 Å². The van der Waals surface area contributed by atoms with Gasteiger partial charge in [0.25, 0.3) is 0 Å². The molecule has 2 N–H and O–H groups in total. The first-order chi connectivity index (χ1) is 8.11. The van der Waals surface area contributed by atoms with Crippen molar-refractivity contribution < 1.29 is 10.2 Å². The normalized spacial score (nSPS) is 25.1. The van der Waals surface area contributed by atoms with Crippen molar-refractivity contribution in [3.8, 4) is 0 Å². The Hall–Kier alpha value is -0.580. The van der Waals surface area contributed by atoms with Gasteiger partial charge in [-0.2, -0.15) is 0 Å². The lowest BCUT2D eigenvalue weighted by Crippen LogP contribution is -2.42. The lowest BCUT2D eigenvalue weighted by atomic mass is 9.96. The molecule has 1 aliphatic heterocycles. The van der Waals surface area contributed by atoms with Gasteiger partial charge in [0, 0.05) is 28.8 Å². The average molecular weight is 300 g/mol. The van der Waals surface area contributed by atoms with Crippen LogP contribution in [0.4, 0.5) is 5.69 Å². The van der Waals surface area contributed by atoms with Gasteiger partial charge in [-0.05, 0) is 30.5 Å². The first-order valence-corrected chi connectivity index (χ1v) is 6.73. The largest absolute Gasteiger partial charge is 0.393 e. The summed E-state index contributed by atoms with van der Waals surface area (Å²) in [6, 6.07) is 5.97. The molecular weight excluding hydrogens is 282 g/mol. The summed E-state index contributed by atoms with van der Waals surface area (Å²) < 4.78 is 0.982. The molecule has 4 heteroatoms. The number of halogens is 1. The van der Waals surface area contributed by atoms with E-state index in [1.807, 2.05) is 18.2 Å². The number of rotatable bonds is 2. The molecule has 94 valence electrons. The van der Waals surface area contributed by atoms with Gasteiger partial charge in [0.1, 0.15) is 0 Å². The van der Waals surface area contributed by atoms with Gasteiger partial charge in [0.2, 0.25) is 0 Å². The van der Waals surface area contributed by atoms with Crippen LogP contribution >= 0.6 is 15.9 Å². The smallest absolute Gasteiger partial charge is 0.0702 e. The van der Waals surface area contributed by atoms with Crippen molar-refractivity contribution in [2.24, 2.45) is 5.92 Å². The van der Waals surface area contributed by atoms with Gasteiger partial charge in [-0.15, -0.1) is 0 Å². The predicted molar refractivity (Wildman–Crippen MR) is 72.1 cm³/mol. The van der Waals surface area contributed by atoms with Gasteiger partial charge in [-0.25, -0.2) is 0 Å². The van der Waals surface area contributed by atoms with Crippen LogP contribution in [-0.4, -0.2) is 29.4 Å². The van der Waals surface area contributed by atoms with Crippen LogP contribution in [-0.2, 0) is 6.61 Å². The van der Waals surface area contributed by atoms with Crippen LogP contribution in [0.3, 0.4) is 0 Å². The molecule has 0 saturated carbocycles. The topological polar surface area (TPSA) is 43.7 Å². The fourth-order valence-corrected chi connectivity index (χ4v) is 2.75. The molecule has 1 aromatic rings. The fourth-order valence-electron chi connectivity index (χ4n) is 2.34. The lowest BCUT2D eigenvalue weighted by Gasteiger charge is -2.36. The Morgan fingerprint density at radius 2 is 2.24 bits per heavy atom. The number of piperidine rings is 1. The van der Waals surface area contributed by atoms with Gasteiger partial charge in [0.05, 0.1) is 12.7 Å². The molecule has 2 rings (SSSR count). The molecule has 0 aromatic heterocycles. The van der Waals surface area contributed by atoms with Gasteiger partial charge < -0.3 is 15.1 Å². The molecule has 1 saturated heterocycles. The van der Waals surface area contributed by atoms with E-state index in [-0.39, 0.29) is 18.6 Å². The van der Waals surface area contributed by atoms with E-state index >= 15 is 0 Å². The van der Waals surface area contributed by atoms with Crippen LogP contribution in [0.1, 0.15) is 18.9 Å². The molecule has 0 aliphatic carbocycles. The number of hydrogen-bond donors (Lipinski definition) is 2. The predicted octanol–water partition coefficient (Wildman–Crippen LogP) is 2.15. The second-order valence-electron chi connectivity index (χ2n) is 4.71. The molecule has 1 aliphatic rings. The number of aliphatic hydroxyl groups is 2. The molecule has 0 amide bonds. The zero-order chi connectivity index (χ0) is 12.4. The van der Waals surface area contributed by atoms with E-state index < -0.39 is 0 Å². The Morgan fingerprint density at radius 3 is 2.88 bits per heavy atom. The standard InChI is InChI=1S/C13H18BrNO2/c1-9-7-15(5-4-13(9)17)12-3-2-11(14)6-10(12)8-16/h2-3,6,9,13,16-17H,4-5,7-8H2,1H3. The highest BCUT2D eigenvalue weighted by Crippen LogP contribution is 2.28. The second kappa shape index (κ2) is 5.38. The zero-order valence-electron chi connectivity index (χ0n) is 9.93. The third-order valence-electron chi connectivity index (χ3n) is 3.41. The van der Waals surface area contributed by atoms with E-state index in [9.17, 15) is 10.2 Å². The van der Waals surface area contributed by atoms with Crippen molar-refractivity contribution in [1.29, 1.82) is 0 Å². The highest BCUT2D eigenvalue weighted by atomic mass is 79.9. The summed E-state index contributed by atoms with van der Waals surface area (Å²) in [6.07, 6.45) is 0.599. The first-order valence-electron chi connectivity index (χ1n) is 5.94. The maximum atomic E-state index is 9.73. The van der Waals surface area contributed by atoms with Crippen molar-refractivity contribution in [3.63, 3.8) is 0 Å². The Morgan fingerprint density at radius 1 is 1.47 bits per heavy atom. The summed E-state index contributed by atoms with van der Waals surface area (Å²) in [4.78, 5) is 2.25. The van der Waals surface area contributed by atoms with Crippen molar-refractivity contribution in [1.82, 2.24) is 0 Å². The van der Waals surface area contributed by atoms with Crippen LogP contribution in [0.5, 0.6) is 0 Å². The molecule has 1 heterocycles. The minimum atomic E-state index is -0.195. The Balaban J connectivity index is 2.22. The quantitative estimate of drug-likeness (QED) is 0.879. The maximum Gasteiger partial charge on any atom is 0.0702 e. The van der Waals surface area contributed by atoms with Gasteiger partial charge in [-0.3, -0.25) is 0 Å². The van der Waals surface area contributed by atoms with E-state index in [1.54, 1.807) is 0 Å². The summed E-state index contributed by atoms with van der Waals surface area (Å²) >= 11 is 3.41. The lowest BCUT2D eigenvalue weighted by molar-refractivity contribution is 0.0970. The van der Waals surface area contributed by atoms with Crippen LogP contribution in [0, 0.1) is 5.92 Å². The molecule has 17 heavy (non-hydrogen) atoms. The molecule has 0 radical (unpaired) electrons.